The van der Waals surface area contributed by atoms with Crippen molar-refractivity contribution in [3.8, 4) is 5.75 Å². The minimum Gasteiger partial charge on any atom is -0.389 e. The van der Waals surface area contributed by atoms with Gasteiger partial charge in [0.25, 0.3) is 0 Å². The van der Waals surface area contributed by atoms with Crippen LogP contribution in [0.4, 0.5) is 0 Å². The number of benzene rings is 2. The van der Waals surface area contributed by atoms with Crippen molar-refractivity contribution >= 4 is 22.3 Å². The van der Waals surface area contributed by atoms with Gasteiger partial charge in [0, 0.05) is 0 Å². The summed E-state index contributed by atoms with van der Waals surface area (Å²) in [5.74, 6) is 0.265. The molecule has 2 rings (SSSR count). The van der Waals surface area contributed by atoms with Crippen LogP contribution in [-0.4, -0.2) is 25.9 Å². The molecule has 2 aromatic rings. The molecule has 0 aliphatic rings. The van der Waals surface area contributed by atoms with Gasteiger partial charge in [0.2, 0.25) is 0 Å². The molecule has 0 aromatic heterocycles. The summed E-state index contributed by atoms with van der Waals surface area (Å²) in [7, 11) is -3.51. The van der Waals surface area contributed by atoms with Crippen LogP contribution in [0, 0.1) is 0 Å². The first-order valence-electron chi connectivity index (χ1n) is 7.50. The zero-order chi connectivity index (χ0) is 17.4. The van der Waals surface area contributed by atoms with Crippen LogP contribution in [0.1, 0.15) is 17.5 Å². The van der Waals surface area contributed by atoms with Gasteiger partial charge in [-0.15, -0.1) is 0 Å². The van der Waals surface area contributed by atoms with Crippen LogP contribution in [0.3, 0.4) is 0 Å². The Hall–Kier alpha value is -2.37. The molecular formula is C19H20O4S. The first-order chi connectivity index (χ1) is 11.4. The van der Waals surface area contributed by atoms with E-state index in [1.54, 1.807) is 36.4 Å². The Kier molecular flexibility index (Phi) is 6.35. The molecule has 126 valence electrons. The molecule has 0 spiro atoms. The summed E-state index contributed by atoms with van der Waals surface area (Å²) >= 11 is 0. The molecule has 0 aliphatic carbocycles. The first-order valence-corrected chi connectivity index (χ1v) is 9.31. The van der Waals surface area contributed by atoms with Crippen molar-refractivity contribution in [1.29, 1.82) is 0 Å². The highest BCUT2D eigenvalue weighted by Crippen LogP contribution is 2.15. The van der Waals surface area contributed by atoms with Crippen LogP contribution in [0.5, 0.6) is 5.75 Å². The molecule has 24 heavy (non-hydrogen) atoms. The second-order valence-corrected chi connectivity index (χ2v) is 6.91. The van der Waals surface area contributed by atoms with Gasteiger partial charge < -0.3 is 9.29 Å². The van der Waals surface area contributed by atoms with Crippen molar-refractivity contribution < 1.29 is 17.7 Å². The van der Waals surface area contributed by atoms with E-state index in [2.05, 4.69) is 0 Å². The fraction of sp³-hybridized carbons (Fsp3) is 0.158. The predicted molar refractivity (Wildman–Crippen MR) is 97.0 cm³/mol. The Morgan fingerprint density at radius 1 is 1.00 bits per heavy atom. The number of aliphatic hydroxyl groups excluding tert-OH is 1. The molecule has 0 radical (unpaired) electrons. The highest BCUT2D eigenvalue weighted by atomic mass is 32.2. The number of rotatable bonds is 7. The third-order valence-electron chi connectivity index (χ3n) is 3.13. The smallest absolute Gasteiger partial charge is 0.306 e. The minimum absolute atomic E-state index is 0.265. The Labute approximate surface area is 142 Å². The quantitative estimate of drug-likeness (QED) is 0.781. The molecule has 4 nitrogen and oxygen atoms in total. The van der Waals surface area contributed by atoms with E-state index in [9.17, 15) is 13.5 Å². The molecule has 5 heteroatoms. The molecule has 1 atom stereocenters. The Balaban J connectivity index is 1.87. The second kappa shape index (κ2) is 8.47. The molecule has 1 N–H and O–H groups in total. The van der Waals surface area contributed by atoms with Crippen molar-refractivity contribution in [2.75, 3.05) is 6.26 Å². The predicted octanol–water partition coefficient (Wildman–Crippen LogP) is 3.50. The second-order valence-electron chi connectivity index (χ2n) is 5.33. The van der Waals surface area contributed by atoms with E-state index in [0.717, 1.165) is 17.4 Å². The Morgan fingerprint density at radius 2 is 1.62 bits per heavy atom. The highest BCUT2D eigenvalue weighted by molar-refractivity contribution is 7.86. The van der Waals surface area contributed by atoms with Crippen molar-refractivity contribution in [2.24, 2.45) is 0 Å². The fourth-order valence-corrected chi connectivity index (χ4v) is 2.48. The van der Waals surface area contributed by atoms with E-state index in [4.69, 9.17) is 4.18 Å². The highest BCUT2D eigenvalue weighted by Gasteiger charge is 2.03. The lowest BCUT2D eigenvalue weighted by Gasteiger charge is -2.03. The summed E-state index contributed by atoms with van der Waals surface area (Å²) in [6.07, 6.45) is 8.30. The van der Waals surface area contributed by atoms with Crippen molar-refractivity contribution in [3.05, 3.63) is 77.9 Å². The zero-order valence-corrected chi connectivity index (χ0v) is 14.2. The lowest BCUT2D eigenvalue weighted by atomic mass is 10.1. The Bertz CT molecular complexity index is 791. The van der Waals surface area contributed by atoms with E-state index < -0.39 is 16.2 Å². The maximum atomic E-state index is 11.0. The summed E-state index contributed by atoms with van der Waals surface area (Å²) in [6.45, 7) is 0. The molecule has 0 fully saturated rings. The van der Waals surface area contributed by atoms with Gasteiger partial charge in [-0.2, -0.15) is 8.42 Å². The van der Waals surface area contributed by atoms with E-state index in [0.29, 0.717) is 6.42 Å². The van der Waals surface area contributed by atoms with Gasteiger partial charge in [0.1, 0.15) is 5.75 Å². The molecule has 0 saturated heterocycles. The largest absolute Gasteiger partial charge is 0.389 e. The van der Waals surface area contributed by atoms with Crippen molar-refractivity contribution in [2.45, 2.75) is 12.5 Å². The normalized spacial score (nSPS) is 13.4. The van der Waals surface area contributed by atoms with Gasteiger partial charge in [0.05, 0.1) is 12.4 Å². The van der Waals surface area contributed by atoms with Gasteiger partial charge in [-0.1, -0.05) is 66.8 Å². The monoisotopic (exact) mass is 344 g/mol. The summed E-state index contributed by atoms with van der Waals surface area (Å²) < 4.78 is 26.8. The fourth-order valence-electron chi connectivity index (χ4n) is 2.02. The van der Waals surface area contributed by atoms with E-state index in [1.807, 2.05) is 42.5 Å². The van der Waals surface area contributed by atoms with Gasteiger partial charge >= 0.3 is 10.1 Å². The third kappa shape index (κ3) is 6.81. The van der Waals surface area contributed by atoms with E-state index >= 15 is 0 Å². The maximum Gasteiger partial charge on any atom is 0.306 e. The van der Waals surface area contributed by atoms with Crippen LogP contribution < -0.4 is 4.18 Å². The van der Waals surface area contributed by atoms with Gasteiger partial charge in [-0.25, -0.2) is 0 Å². The van der Waals surface area contributed by atoms with E-state index in [1.165, 1.54) is 0 Å². The molecule has 0 unspecified atom stereocenters. The first kappa shape index (κ1) is 18.0. The summed E-state index contributed by atoms with van der Waals surface area (Å²) in [5.41, 5.74) is 1.94. The number of hydrogen-bond donors (Lipinski definition) is 1. The van der Waals surface area contributed by atoms with Gasteiger partial charge in [0.15, 0.2) is 0 Å². The third-order valence-corrected chi connectivity index (χ3v) is 3.62. The molecular weight excluding hydrogens is 324 g/mol. The van der Waals surface area contributed by atoms with Gasteiger partial charge in [-0.05, 0) is 29.7 Å². The van der Waals surface area contributed by atoms with Crippen LogP contribution in [0.2, 0.25) is 0 Å². The molecule has 2 aromatic carbocycles. The van der Waals surface area contributed by atoms with E-state index in [-0.39, 0.29) is 5.75 Å². The average molecular weight is 344 g/mol. The summed E-state index contributed by atoms with van der Waals surface area (Å²) in [4.78, 5) is 0. The number of aliphatic hydroxyl groups is 1. The maximum absolute atomic E-state index is 11.0. The molecule has 0 aliphatic heterocycles. The number of hydrogen-bond acceptors (Lipinski definition) is 4. The lowest BCUT2D eigenvalue weighted by molar-refractivity contribution is 0.228. The molecule has 0 saturated carbocycles. The standard InChI is InChI=1S/C19H20O4S/c1-24(21,22)23-19-14-11-17(12-15-19)10-13-18(20)9-5-8-16-6-3-2-4-7-16/h2-8,10-15,18,20H,9H2,1H3/b8-5+,13-10+/t18-/m0/s1. The van der Waals surface area contributed by atoms with Crippen LogP contribution in [0.15, 0.2) is 66.7 Å². The Morgan fingerprint density at radius 3 is 2.25 bits per heavy atom. The van der Waals surface area contributed by atoms with Crippen LogP contribution >= 0.6 is 0 Å². The average Bonchev–Trinajstić information content (AvgIpc) is 2.54. The SMILES string of the molecule is CS(=O)(=O)Oc1ccc(/C=C/[C@@H](O)C/C=C/c2ccccc2)cc1. The van der Waals surface area contributed by atoms with Gasteiger partial charge in [-0.3, -0.25) is 0 Å². The van der Waals surface area contributed by atoms with Crippen molar-refractivity contribution in [1.82, 2.24) is 0 Å². The molecule has 0 heterocycles. The molecule has 0 bridgehead atoms. The lowest BCUT2D eigenvalue weighted by Crippen LogP contribution is -2.05. The van der Waals surface area contributed by atoms with Crippen molar-refractivity contribution in [3.63, 3.8) is 0 Å². The molecule has 0 amide bonds. The zero-order valence-electron chi connectivity index (χ0n) is 13.4. The summed E-state index contributed by atoms with van der Waals surface area (Å²) in [6, 6.07) is 16.5. The van der Waals surface area contributed by atoms with Crippen LogP contribution in [0.25, 0.3) is 12.2 Å². The minimum atomic E-state index is -3.51. The van der Waals surface area contributed by atoms with Crippen LogP contribution in [-0.2, 0) is 10.1 Å². The summed E-state index contributed by atoms with van der Waals surface area (Å²) in [5, 5.41) is 9.95. The topological polar surface area (TPSA) is 63.6 Å².